The van der Waals surface area contributed by atoms with Crippen LogP contribution in [0.25, 0.3) is 0 Å². The molecule has 1 aliphatic rings. The van der Waals surface area contributed by atoms with Gasteiger partial charge in [-0.1, -0.05) is 6.08 Å². The van der Waals surface area contributed by atoms with Gasteiger partial charge in [0.25, 0.3) is 0 Å². The Morgan fingerprint density at radius 1 is 1.57 bits per heavy atom. The van der Waals surface area contributed by atoms with E-state index in [-0.39, 0.29) is 11.7 Å². The molecule has 6 heteroatoms. The fraction of sp³-hybridized carbons (Fsp3) is 0.267. The highest BCUT2D eigenvalue weighted by Gasteiger charge is 2.24. The number of ether oxygens (including phenoxy) is 2. The van der Waals surface area contributed by atoms with Crippen molar-refractivity contribution in [1.82, 2.24) is 5.43 Å². The van der Waals surface area contributed by atoms with E-state index in [0.29, 0.717) is 12.1 Å². The summed E-state index contributed by atoms with van der Waals surface area (Å²) in [5.74, 6) is -1.11. The van der Waals surface area contributed by atoms with Crippen LogP contribution in [0.2, 0.25) is 0 Å². The lowest BCUT2D eigenvalue weighted by Gasteiger charge is -2.10. The maximum atomic E-state index is 12.0. The van der Waals surface area contributed by atoms with Crippen LogP contribution in [-0.2, 0) is 19.1 Å². The number of allylic oxidation sites excluding steroid dienone is 3. The van der Waals surface area contributed by atoms with Crippen LogP contribution in [0.15, 0.2) is 47.3 Å². The first kappa shape index (κ1) is 16.3. The fourth-order valence-electron chi connectivity index (χ4n) is 1.43. The first-order valence-electron chi connectivity index (χ1n) is 6.27. The summed E-state index contributed by atoms with van der Waals surface area (Å²) in [7, 11) is 1.25. The second-order valence-corrected chi connectivity index (χ2v) is 4.11. The van der Waals surface area contributed by atoms with Gasteiger partial charge in [-0.15, -0.1) is 6.58 Å². The minimum absolute atomic E-state index is 0.274. The molecule has 110 valence electrons. The van der Waals surface area contributed by atoms with E-state index in [0.717, 1.165) is 6.21 Å². The van der Waals surface area contributed by atoms with Crippen LogP contribution >= 0.6 is 0 Å². The lowest BCUT2D eigenvalue weighted by molar-refractivity contribution is -0.143. The highest BCUT2D eigenvalue weighted by Crippen LogP contribution is 2.14. The molecule has 21 heavy (non-hydrogen) atoms. The van der Waals surface area contributed by atoms with Crippen molar-refractivity contribution in [2.45, 2.75) is 19.4 Å². The summed E-state index contributed by atoms with van der Waals surface area (Å²) in [6.07, 6.45) is 10.4. The summed E-state index contributed by atoms with van der Waals surface area (Å²) in [6, 6.07) is 0. The van der Waals surface area contributed by atoms with Crippen LogP contribution in [0, 0.1) is 6.08 Å². The maximum Gasteiger partial charge on any atom is 0.399 e. The molecule has 0 bridgehead atoms. The summed E-state index contributed by atoms with van der Waals surface area (Å²) in [5, 5.41) is 3.68. The predicted octanol–water partition coefficient (Wildman–Crippen LogP) is 1.43. The molecule has 0 aromatic heterocycles. The molecule has 1 N–H and O–H groups in total. The largest absolute Gasteiger partial charge is 0.465 e. The van der Waals surface area contributed by atoms with E-state index in [2.05, 4.69) is 27.9 Å². The van der Waals surface area contributed by atoms with Gasteiger partial charge in [0.1, 0.15) is 24.5 Å². The van der Waals surface area contributed by atoms with E-state index in [4.69, 9.17) is 4.74 Å². The summed E-state index contributed by atoms with van der Waals surface area (Å²) >= 11 is 0. The van der Waals surface area contributed by atoms with Gasteiger partial charge in [0.15, 0.2) is 11.3 Å². The summed E-state index contributed by atoms with van der Waals surface area (Å²) in [6.45, 7) is 5.36. The molecule has 1 unspecified atom stereocenters. The number of esters is 2. The number of nitrogens with one attached hydrogen (secondary N) is 1. The van der Waals surface area contributed by atoms with Gasteiger partial charge in [-0.05, 0) is 6.92 Å². The second kappa shape index (κ2) is 8.45. The molecule has 1 aliphatic carbocycles. The van der Waals surface area contributed by atoms with E-state index >= 15 is 0 Å². The second-order valence-electron chi connectivity index (χ2n) is 4.11. The molecule has 1 rings (SSSR count). The van der Waals surface area contributed by atoms with Gasteiger partial charge in [0.2, 0.25) is 0 Å². The normalized spacial score (nSPS) is 14.6. The Bertz CT molecular complexity index is 530. The van der Waals surface area contributed by atoms with Crippen molar-refractivity contribution in [3.63, 3.8) is 0 Å². The van der Waals surface area contributed by atoms with Crippen molar-refractivity contribution >= 4 is 18.2 Å². The monoisotopic (exact) mass is 289 g/mol. The molecular formula is C15H17N2O4+. The standard InChI is InChI=1S/C15H16N2O4/c1-4-7-11(2)21-15(19)12-8-5-6-9-13(12)17-16-10-14(18)20-3/h4,6,8-11H,1,7H2,2-3H3/p+1. The molecular weight excluding hydrogens is 272 g/mol. The molecule has 1 atom stereocenters. The Morgan fingerprint density at radius 3 is 3.00 bits per heavy atom. The van der Waals surface area contributed by atoms with Crippen molar-refractivity contribution in [1.29, 1.82) is 0 Å². The average molecular weight is 289 g/mol. The van der Waals surface area contributed by atoms with Crippen molar-refractivity contribution in [2.75, 3.05) is 7.11 Å². The zero-order valence-electron chi connectivity index (χ0n) is 12.0. The average Bonchev–Trinajstić information content (AvgIpc) is 2.47. The van der Waals surface area contributed by atoms with Crippen LogP contribution in [0.5, 0.6) is 0 Å². The van der Waals surface area contributed by atoms with Gasteiger partial charge in [0, 0.05) is 12.5 Å². The number of hydrogen-bond donors (Lipinski definition) is 1. The molecule has 0 radical (unpaired) electrons. The topological polar surface area (TPSA) is 77.0 Å². The van der Waals surface area contributed by atoms with Gasteiger partial charge in [0.05, 0.1) is 13.2 Å². The Kier molecular flexibility index (Phi) is 6.57. The Hall–Kier alpha value is -2.72. The first-order valence-corrected chi connectivity index (χ1v) is 6.27. The van der Waals surface area contributed by atoms with Crippen molar-refractivity contribution < 1.29 is 19.1 Å². The molecule has 6 nitrogen and oxygen atoms in total. The van der Waals surface area contributed by atoms with E-state index in [1.165, 1.54) is 13.2 Å². The quantitative estimate of drug-likeness (QED) is 0.252. The van der Waals surface area contributed by atoms with E-state index in [1.807, 2.05) is 0 Å². The predicted molar refractivity (Wildman–Crippen MR) is 78.0 cm³/mol. The lowest BCUT2D eigenvalue weighted by Crippen LogP contribution is -2.20. The zero-order chi connectivity index (χ0) is 15.7. The number of hydrogen-bond acceptors (Lipinski definition) is 6. The molecule has 0 spiro atoms. The highest BCUT2D eigenvalue weighted by molar-refractivity contribution is 6.23. The van der Waals surface area contributed by atoms with E-state index in [9.17, 15) is 9.59 Å². The van der Waals surface area contributed by atoms with Crippen molar-refractivity contribution in [2.24, 2.45) is 5.10 Å². The summed E-state index contributed by atoms with van der Waals surface area (Å²) in [4.78, 5) is 23.0. The van der Waals surface area contributed by atoms with E-state index in [1.54, 1.807) is 25.2 Å². The van der Waals surface area contributed by atoms with Gasteiger partial charge in [-0.25, -0.2) is 9.59 Å². The van der Waals surface area contributed by atoms with Gasteiger partial charge in [-0.2, -0.15) is 5.10 Å². The van der Waals surface area contributed by atoms with Crippen LogP contribution in [-0.4, -0.2) is 31.4 Å². The van der Waals surface area contributed by atoms with Gasteiger partial charge >= 0.3 is 11.9 Å². The summed E-state index contributed by atoms with van der Waals surface area (Å²) < 4.78 is 9.66. The van der Waals surface area contributed by atoms with E-state index < -0.39 is 11.9 Å². The molecule has 0 amide bonds. The Balaban J connectivity index is 2.78. The third-order valence-corrected chi connectivity index (χ3v) is 2.45. The fourth-order valence-corrected chi connectivity index (χ4v) is 1.43. The summed E-state index contributed by atoms with van der Waals surface area (Å²) in [5.41, 5.74) is 3.27. The van der Waals surface area contributed by atoms with Gasteiger partial charge in [-0.3, -0.25) is 5.43 Å². The molecule has 0 aromatic rings. The van der Waals surface area contributed by atoms with Crippen LogP contribution in [0.4, 0.5) is 0 Å². The van der Waals surface area contributed by atoms with Crippen LogP contribution in [0.1, 0.15) is 13.3 Å². The lowest BCUT2D eigenvalue weighted by atomic mass is 10.1. The Labute approximate surface area is 123 Å². The minimum Gasteiger partial charge on any atom is -0.465 e. The molecule has 0 saturated heterocycles. The molecule has 0 fully saturated rings. The number of carbonyl (C=O) groups is 2. The molecule has 0 aliphatic heterocycles. The molecule has 0 heterocycles. The minimum atomic E-state index is -0.603. The van der Waals surface area contributed by atoms with Crippen LogP contribution in [0.3, 0.4) is 0 Å². The number of hydrazone groups is 1. The number of rotatable bonds is 7. The molecule has 0 saturated carbocycles. The number of nitrogens with zero attached hydrogens (tertiary/aromatic N) is 1. The van der Waals surface area contributed by atoms with Crippen LogP contribution < -0.4 is 5.43 Å². The number of carbonyl (C=O) groups excluding carboxylic acids is 2. The zero-order valence-corrected chi connectivity index (χ0v) is 12.0. The molecule has 0 aromatic carbocycles. The first-order chi connectivity index (χ1) is 10.1. The van der Waals surface area contributed by atoms with Crippen molar-refractivity contribution in [3.8, 4) is 0 Å². The SMILES string of the molecule is C=CCC(C)OC(=O)C1=C(NN=CC(=O)OC)C=C[C+]=C1. The third-order valence-electron chi connectivity index (χ3n) is 2.45. The Morgan fingerprint density at radius 2 is 2.33 bits per heavy atom. The maximum absolute atomic E-state index is 12.0. The third kappa shape index (κ3) is 5.42. The smallest absolute Gasteiger partial charge is 0.399 e. The van der Waals surface area contributed by atoms with Crippen molar-refractivity contribution in [3.05, 3.63) is 48.2 Å². The number of methoxy groups -OCH3 is 1. The highest BCUT2D eigenvalue weighted by atomic mass is 16.5. The van der Waals surface area contributed by atoms with Gasteiger partial charge < -0.3 is 9.47 Å².